The van der Waals surface area contributed by atoms with E-state index in [1.807, 2.05) is 0 Å². The molecule has 0 saturated carbocycles. The molecular formula is C12H6BrF2NO2. The SMILES string of the molecule is O=C(O)c1cc(Br)nc(-c2cc(F)ccc2F)c1. The molecule has 18 heavy (non-hydrogen) atoms. The monoisotopic (exact) mass is 313 g/mol. The Hall–Kier alpha value is -1.82. The van der Waals surface area contributed by atoms with E-state index in [1.165, 1.54) is 12.1 Å². The summed E-state index contributed by atoms with van der Waals surface area (Å²) in [6.45, 7) is 0. The number of benzene rings is 1. The predicted molar refractivity (Wildman–Crippen MR) is 64.2 cm³/mol. The summed E-state index contributed by atoms with van der Waals surface area (Å²) in [5, 5.41) is 8.89. The normalized spacial score (nSPS) is 10.4. The molecular weight excluding hydrogens is 308 g/mol. The number of nitrogens with zero attached hydrogens (tertiary/aromatic N) is 1. The Labute approximate surface area is 109 Å². The van der Waals surface area contributed by atoms with Crippen LogP contribution in [0.2, 0.25) is 0 Å². The van der Waals surface area contributed by atoms with Crippen LogP contribution in [-0.4, -0.2) is 16.1 Å². The van der Waals surface area contributed by atoms with E-state index in [9.17, 15) is 13.6 Å². The first-order chi connectivity index (χ1) is 8.47. The molecule has 92 valence electrons. The van der Waals surface area contributed by atoms with Gasteiger partial charge in [0.05, 0.1) is 11.3 Å². The molecule has 0 spiro atoms. The molecule has 0 fully saturated rings. The number of halogens is 3. The zero-order chi connectivity index (χ0) is 13.3. The van der Waals surface area contributed by atoms with Crippen LogP contribution in [0.1, 0.15) is 10.4 Å². The quantitative estimate of drug-likeness (QED) is 0.863. The van der Waals surface area contributed by atoms with E-state index in [0.29, 0.717) is 0 Å². The van der Waals surface area contributed by atoms with Crippen LogP contribution >= 0.6 is 15.9 Å². The molecule has 0 aliphatic carbocycles. The van der Waals surface area contributed by atoms with E-state index in [4.69, 9.17) is 5.11 Å². The van der Waals surface area contributed by atoms with Gasteiger partial charge >= 0.3 is 5.97 Å². The van der Waals surface area contributed by atoms with Crippen molar-refractivity contribution in [3.05, 3.63) is 52.1 Å². The molecule has 0 atom stereocenters. The smallest absolute Gasteiger partial charge is 0.335 e. The highest BCUT2D eigenvalue weighted by atomic mass is 79.9. The molecule has 0 aliphatic heterocycles. The third-order valence-corrected chi connectivity index (χ3v) is 2.65. The van der Waals surface area contributed by atoms with Gasteiger partial charge in [0, 0.05) is 5.56 Å². The van der Waals surface area contributed by atoms with Crippen molar-refractivity contribution in [1.82, 2.24) is 4.98 Å². The van der Waals surface area contributed by atoms with Crippen molar-refractivity contribution in [2.24, 2.45) is 0 Å². The van der Waals surface area contributed by atoms with Crippen LogP contribution in [0.4, 0.5) is 8.78 Å². The molecule has 1 N–H and O–H groups in total. The Kier molecular flexibility index (Phi) is 3.38. The Morgan fingerprint density at radius 3 is 2.61 bits per heavy atom. The number of hydrogen-bond acceptors (Lipinski definition) is 2. The summed E-state index contributed by atoms with van der Waals surface area (Å²) in [4.78, 5) is 14.8. The van der Waals surface area contributed by atoms with Gasteiger partial charge < -0.3 is 5.11 Å². The third kappa shape index (κ3) is 2.53. The molecule has 0 bridgehead atoms. The fraction of sp³-hybridized carbons (Fsp3) is 0. The summed E-state index contributed by atoms with van der Waals surface area (Å²) in [5.41, 5.74) is -0.0897. The summed E-state index contributed by atoms with van der Waals surface area (Å²) >= 11 is 3.03. The van der Waals surface area contributed by atoms with Gasteiger partial charge in [0.1, 0.15) is 16.2 Å². The van der Waals surface area contributed by atoms with Gasteiger partial charge in [-0.15, -0.1) is 0 Å². The summed E-state index contributed by atoms with van der Waals surface area (Å²) in [6.07, 6.45) is 0. The lowest BCUT2D eigenvalue weighted by Crippen LogP contribution is -1.99. The lowest BCUT2D eigenvalue weighted by molar-refractivity contribution is 0.0696. The number of hydrogen-bond donors (Lipinski definition) is 1. The molecule has 0 unspecified atom stereocenters. The van der Waals surface area contributed by atoms with E-state index in [2.05, 4.69) is 20.9 Å². The topological polar surface area (TPSA) is 50.2 Å². The first-order valence-electron chi connectivity index (χ1n) is 4.83. The van der Waals surface area contributed by atoms with Crippen LogP contribution in [0, 0.1) is 11.6 Å². The molecule has 0 amide bonds. The van der Waals surface area contributed by atoms with Gasteiger partial charge in [-0.3, -0.25) is 0 Å². The second-order valence-corrected chi connectivity index (χ2v) is 4.31. The standard InChI is InChI=1S/C12H6BrF2NO2/c13-11-4-6(12(17)18)3-10(16-11)8-5-7(14)1-2-9(8)15/h1-5H,(H,17,18). The van der Waals surface area contributed by atoms with Crippen LogP contribution in [0.25, 0.3) is 11.3 Å². The first kappa shape index (κ1) is 12.6. The van der Waals surface area contributed by atoms with Crippen molar-refractivity contribution in [3.8, 4) is 11.3 Å². The maximum absolute atomic E-state index is 13.6. The number of carbonyl (C=O) groups is 1. The third-order valence-electron chi connectivity index (χ3n) is 2.25. The highest BCUT2D eigenvalue weighted by molar-refractivity contribution is 9.10. The molecule has 2 aromatic rings. The van der Waals surface area contributed by atoms with Crippen molar-refractivity contribution < 1.29 is 18.7 Å². The van der Waals surface area contributed by atoms with Crippen LogP contribution in [0.15, 0.2) is 34.9 Å². The van der Waals surface area contributed by atoms with Crippen LogP contribution in [-0.2, 0) is 0 Å². The van der Waals surface area contributed by atoms with Crippen molar-refractivity contribution in [1.29, 1.82) is 0 Å². The summed E-state index contributed by atoms with van der Waals surface area (Å²) in [5.74, 6) is -2.46. The molecule has 0 saturated heterocycles. The van der Waals surface area contributed by atoms with E-state index in [1.54, 1.807) is 0 Å². The molecule has 3 nitrogen and oxygen atoms in total. The minimum absolute atomic E-state index is 0.0544. The number of carboxylic acids is 1. The van der Waals surface area contributed by atoms with E-state index >= 15 is 0 Å². The minimum Gasteiger partial charge on any atom is -0.478 e. The number of pyridine rings is 1. The molecule has 1 aromatic carbocycles. The highest BCUT2D eigenvalue weighted by Gasteiger charge is 2.12. The van der Waals surface area contributed by atoms with Gasteiger partial charge in [0.2, 0.25) is 0 Å². The summed E-state index contributed by atoms with van der Waals surface area (Å²) in [7, 11) is 0. The molecule has 0 radical (unpaired) electrons. The van der Waals surface area contributed by atoms with Gasteiger partial charge in [-0.1, -0.05) is 0 Å². The number of aromatic carboxylic acids is 1. The lowest BCUT2D eigenvalue weighted by atomic mass is 10.1. The molecule has 6 heteroatoms. The number of carboxylic acid groups (broad SMARTS) is 1. The Morgan fingerprint density at radius 1 is 1.22 bits per heavy atom. The zero-order valence-electron chi connectivity index (χ0n) is 8.82. The van der Waals surface area contributed by atoms with Gasteiger partial charge in [-0.25, -0.2) is 18.6 Å². The van der Waals surface area contributed by atoms with E-state index in [-0.39, 0.29) is 21.4 Å². The molecule has 2 rings (SSSR count). The Bertz CT molecular complexity index is 631. The number of rotatable bonds is 2. The van der Waals surface area contributed by atoms with Crippen molar-refractivity contribution >= 4 is 21.9 Å². The summed E-state index contributed by atoms with van der Waals surface area (Å²) < 4.78 is 26.9. The second-order valence-electron chi connectivity index (χ2n) is 3.49. The highest BCUT2D eigenvalue weighted by Crippen LogP contribution is 2.25. The zero-order valence-corrected chi connectivity index (χ0v) is 10.4. The van der Waals surface area contributed by atoms with Gasteiger partial charge in [0.25, 0.3) is 0 Å². The second kappa shape index (κ2) is 4.81. The minimum atomic E-state index is -1.17. The van der Waals surface area contributed by atoms with Crippen LogP contribution in [0.3, 0.4) is 0 Å². The summed E-state index contributed by atoms with van der Waals surface area (Å²) in [6, 6.07) is 5.38. The van der Waals surface area contributed by atoms with Crippen molar-refractivity contribution in [2.45, 2.75) is 0 Å². The van der Waals surface area contributed by atoms with Crippen molar-refractivity contribution in [2.75, 3.05) is 0 Å². The largest absolute Gasteiger partial charge is 0.478 e. The Balaban J connectivity index is 2.63. The molecule has 1 aromatic heterocycles. The van der Waals surface area contributed by atoms with Crippen molar-refractivity contribution in [3.63, 3.8) is 0 Å². The fourth-order valence-electron chi connectivity index (χ4n) is 1.45. The van der Waals surface area contributed by atoms with E-state index in [0.717, 1.165) is 18.2 Å². The van der Waals surface area contributed by atoms with Crippen LogP contribution < -0.4 is 0 Å². The fourth-order valence-corrected chi connectivity index (χ4v) is 1.89. The molecule has 0 aliphatic rings. The van der Waals surface area contributed by atoms with E-state index < -0.39 is 17.6 Å². The maximum Gasteiger partial charge on any atom is 0.335 e. The lowest BCUT2D eigenvalue weighted by Gasteiger charge is -2.05. The van der Waals surface area contributed by atoms with Gasteiger partial charge in [-0.2, -0.15) is 0 Å². The van der Waals surface area contributed by atoms with Gasteiger partial charge in [0.15, 0.2) is 0 Å². The average molecular weight is 314 g/mol. The van der Waals surface area contributed by atoms with Crippen LogP contribution in [0.5, 0.6) is 0 Å². The maximum atomic E-state index is 13.6. The Morgan fingerprint density at radius 2 is 1.94 bits per heavy atom. The molecule has 1 heterocycles. The number of aromatic nitrogens is 1. The first-order valence-corrected chi connectivity index (χ1v) is 5.63. The van der Waals surface area contributed by atoms with Gasteiger partial charge in [-0.05, 0) is 46.3 Å². The predicted octanol–water partition coefficient (Wildman–Crippen LogP) is 3.49. The average Bonchev–Trinajstić information content (AvgIpc) is 2.31.